The molecule has 0 bridgehead atoms. The number of ether oxygens (including phenoxy) is 1. The number of pyridine rings is 1. The van der Waals surface area contributed by atoms with Crippen molar-refractivity contribution in [1.29, 1.82) is 0 Å². The molecule has 170 valence electrons. The summed E-state index contributed by atoms with van der Waals surface area (Å²) in [6.45, 7) is 7.13. The van der Waals surface area contributed by atoms with E-state index in [1.165, 1.54) is 34.6 Å². The number of benzene rings is 2. The molecule has 0 spiro atoms. The third kappa shape index (κ3) is 4.38. The Labute approximate surface area is 194 Å². The monoisotopic (exact) mass is 462 g/mol. The van der Waals surface area contributed by atoms with Gasteiger partial charge in [0.05, 0.1) is 11.1 Å². The van der Waals surface area contributed by atoms with E-state index in [1.54, 1.807) is 18.3 Å². The summed E-state index contributed by atoms with van der Waals surface area (Å²) in [5, 5.41) is 0. The first-order valence-electron chi connectivity index (χ1n) is 11.1. The van der Waals surface area contributed by atoms with Crippen molar-refractivity contribution in [1.82, 2.24) is 4.98 Å². The summed E-state index contributed by atoms with van der Waals surface area (Å²) in [6.07, 6.45) is 6.46. The van der Waals surface area contributed by atoms with Crippen LogP contribution in [0.15, 0.2) is 72.0 Å². The largest absolute Gasteiger partial charge is 0.489 e. The van der Waals surface area contributed by atoms with Gasteiger partial charge >= 0.3 is 0 Å². The fourth-order valence-corrected chi connectivity index (χ4v) is 5.35. The highest BCUT2D eigenvalue weighted by molar-refractivity contribution is 7.86. The van der Waals surface area contributed by atoms with E-state index in [9.17, 15) is 8.42 Å². The van der Waals surface area contributed by atoms with Gasteiger partial charge in [0.15, 0.2) is 0 Å². The van der Waals surface area contributed by atoms with Gasteiger partial charge in [-0.25, -0.2) is 0 Å². The average molecular weight is 463 g/mol. The molecule has 3 aromatic rings. The van der Waals surface area contributed by atoms with Crippen LogP contribution in [0.1, 0.15) is 23.1 Å². The molecule has 0 saturated carbocycles. The highest BCUT2D eigenvalue weighted by atomic mass is 32.2. The molecule has 2 aliphatic rings. The Morgan fingerprint density at radius 2 is 1.73 bits per heavy atom. The Morgan fingerprint density at radius 3 is 2.52 bits per heavy atom. The second-order valence-electron chi connectivity index (χ2n) is 8.46. The van der Waals surface area contributed by atoms with E-state index in [4.69, 9.17) is 8.92 Å². The number of hydrogen-bond donors (Lipinski definition) is 0. The maximum absolute atomic E-state index is 12.3. The summed E-state index contributed by atoms with van der Waals surface area (Å²) in [7, 11) is -3.80. The number of rotatable bonds is 7. The minimum atomic E-state index is -3.80. The molecule has 2 aromatic carbocycles. The quantitative estimate of drug-likeness (QED) is 0.376. The molecule has 0 fully saturated rings. The van der Waals surface area contributed by atoms with Crippen molar-refractivity contribution in [3.63, 3.8) is 0 Å². The SMILES string of the molecule is C=C1CCc2cc(-c3cncc(OCCOS(=O)(=O)c4ccc(C)cc4)c3)cc3c2N1CC3. The van der Waals surface area contributed by atoms with Crippen LogP contribution in [0.3, 0.4) is 0 Å². The van der Waals surface area contributed by atoms with Gasteiger partial charge in [-0.1, -0.05) is 24.3 Å². The number of hydrogen-bond acceptors (Lipinski definition) is 6. The van der Waals surface area contributed by atoms with E-state index < -0.39 is 10.1 Å². The van der Waals surface area contributed by atoms with Gasteiger partial charge in [-0.2, -0.15) is 8.42 Å². The molecule has 5 rings (SSSR count). The molecule has 6 nitrogen and oxygen atoms in total. The standard InChI is InChI=1S/C26H26N2O4S/c1-18-3-7-25(8-4-18)33(29,30)32-12-11-31-24-15-23(16-27-17-24)22-13-20-6-5-19(2)28-10-9-21(14-22)26(20)28/h3-4,7-8,13-17H,2,5-6,9-12H2,1H3. The predicted molar refractivity (Wildman–Crippen MR) is 128 cm³/mol. The lowest BCUT2D eigenvalue weighted by Crippen LogP contribution is -2.23. The number of anilines is 1. The summed E-state index contributed by atoms with van der Waals surface area (Å²) in [4.78, 5) is 6.81. The van der Waals surface area contributed by atoms with Crippen LogP contribution in [0.5, 0.6) is 5.75 Å². The normalized spacial score (nSPS) is 14.9. The lowest BCUT2D eigenvalue weighted by Gasteiger charge is -2.29. The molecular weight excluding hydrogens is 436 g/mol. The molecule has 0 atom stereocenters. The third-order valence-corrected chi connectivity index (χ3v) is 7.48. The van der Waals surface area contributed by atoms with E-state index in [0.717, 1.165) is 42.5 Å². The summed E-state index contributed by atoms with van der Waals surface area (Å²) in [5.41, 5.74) is 8.33. The van der Waals surface area contributed by atoms with Gasteiger partial charge in [0, 0.05) is 29.7 Å². The molecule has 3 heterocycles. The molecule has 0 aliphatic carbocycles. The van der Waals surface area contributed by atoms with E-state index in [2.05, 4.69) is 28.6 Å². The second-order valence-corrected chi connectivity index (χ2v) is 10.1. The van der Waals surface area contributed by atoms with Crippen LogP contribution < -0.4 is 9.64 Å². The first-order chi connectivity index (χ1) is 15.9. The third-order valence-electron chi connectivity index (χ3n) is 6.15. The summed E-state index contributed by atoms with van der Waals surface area (Å²) in [5.74, 6) is 0.577. The Hall–Kier alpha value is -3.16. The number of nitrogens with zero attached hydrogens (tertiary/aromatic N) is 2. The molecule has 2 aliphatic heterocycles. The van der Waals surface area contributed by atoms with Crippen molar-refractivity contribution in [3.05, 3.63) is 83.8 Å². The van der Waals surface area contributed by atoms with E-state index in [-0.39, 0.29) is 18.1 Å². The van der Waals surface area contributed by atoms with Crippen LogP contribution in [-0.4, -0.2) is 33.2 Å². The topological polar surface area (TPSA) is 68.7 Å². The van der Waals surface area contributed by atoms with E-state index >= 15 is 0 Å². The van der Waals surface area contributed by atoms with Crippen molar-refractivity contribution in [2.75, 3.05) is 24.7 Å². The first kappa shape index (κ1) is 21.7. The van der Waals surface area contributed by atoms with Gasteiger partial charge < -0.3 is 9.64 Å². The highest BCUT2D eigenvalue weighted by Crippen LogP contribution is 2.42. The Morgan fingerprint density at radius 1 is 0.970 bits per heavy atom. The molecule has 0 amide bonds. The fourth-order valence-electron chi connectivity index (χ4n) is 4.46. The van der Waals surface area contributed by atoms with Crippen LogP contribution in [0, 0.1) is 6.92 Å². The van der Waals surface area contributed by atoms with Crippen LogP contribution in [-0.2, 0) is 27.1 Å². The molecule has 0 N–H and O–H groups in total. The molecule has 33 heavy (non-hydrogen) atoms. The zero-order valence-electron chi connectivity index (χ0n) is 18.6. The van der Waals surface area contributed by atoms with Gasteiger partial charge in [-0.05, 0) is 73.2 Å². The van der Waals surface area contributed by atoms with Crippen LogP contribution in [0.25, 0.3) is 11.1 Å². The van der Waals surface area contributed by atoms with Crippen LogP contribution in [0.4, 0.5) is 5.69 Å². The van der Waals surface area contributed by atoms with Gasteiger partial charge in [-0.15, -0.1) is 0 Å². The van der Waals surface area contributed by atoms with Gasteiger partial charge in [0.2, 0.25) is 0 Å². The zero-order valence-corrected chi connectivity index (χ0v) is 19.4. The zero-order chi connectivity index (χ0) is 23.0. The molecule has 1 aromatic heterocycles. The fraction of sp³-hybridized carbons (Fsp3) is 0.269. The minimum Gasteiger partial charge on any atom is -0.489 e. The van der Waals surface area contributed by atoms with Gasteiger partial charge in [0.25, 0.3) is 10.1 Å². The molecular formula is C26H26N2O4S. The van der Waals surface area contributed by atoms with Crippen LogP contribution >= 0.6 is 0 Å². The van der Waals surface area contributed by atoms with Crippen molar-refractivity contribution in [2.24, 2.45) is 0 Å². The highest BCUT2D eigenvalue weighted by Gasteiger charge is 2.28. The Bertz CT molecular complexity index is 1320. The van der Waals surface area contributed by atoms with Crippen molar-refractivity contribution < 1.29 is 17.3 Å². The lowest BCUT2D eigenvalue weighted by atomic mass is 9.93. The molecule has 0 radical (unpaired) electrons. The maximum Gasteiger partial charge on any atom is 0.297 e. The van der Waals surface area contributed by atoms with E-state index in [0.29, 0.717) is 5.75 Å². The Kier molecular flexibility index (Phi) is 5.68. The van der Waals surface area contributed by atoms with Crippen molar-refractivity contribution >= 4 is 15.8 Å². The second kappa shape index (κ2) is 8.65. The smallest absolute Gasteiger partial charge is 0.297 e. The molecule has 7 heteroatoms. The maximum atomic E-state index is 12.3. The predicted octanol–water partition coefficient (Wildman–Crippen LogP) is 4.66. The van der Waals surface area contributed by atoms with Crippen LogP contribution in [0.2, 0.25) is 0 Å². The number of aryl methyl sites for hydroxylation is 2. The Balaban J connectivity index is 1.25. The average Bonchev–Trinajstić information content (AvgIpc) is 3.25. The molecule has 0 saturated heterocycles. The minimum absolute atomic E-state index is 0.0802. The summed E-state index contributed by atoms with van der Waals surface area (Å²) >= 11 is 0. The molecule has 0 unspecified atom stereocenters. The van der Waals surface area contributed by atoms with Crippen molar-refractivity contribution in [3.8, 4) is 16.9 Å². The lowest BCUT2D eigenvalue weighted by molar-refractivity contribution is 0.220. The number of aromatic nitrogens is 1. The van der Waals surface area contributed by atoms with Gasteiger partial charge in [-0.3, -0.25) is 9.17 Å². The summed E-state index contributed by atoms with van der Waals surface area (Å²) in [6, 6.07) is 13.0. The number of allylic oxidation sites excluding steroid dienone is 1. The summed E-state index contributed by atoms with van der Waals surface area (Å²) < 4.78 is 35.4. The van der Waals surface area contributed by atoms with Gasteiger partial charge in [0.1, 0.15) is 19.0 Å². The first-order valence-corrected chi connectivity index (χ1v) is 12.5. The van der Waals surface area contributed by atoms with Crippen molar-refractivity contribution in [2.45, 2.75) is 31.1 Å². The van der Waals surface area contributed by atoms with E-state index in [1.807, 2.05) is 19.2 Å².